The Kier molecular flexibility index (Phi) is 2.92. The molecule has 0 spiro atoms. The summed E-state index contributed by atoms with van der Waals surface area (Å²) in [4.78, 5) is 8.32. The van der Waals surface area contributed by atoms with Crippen molar-refractivity contribution < 1.29 is 13.7 Å². The first-order chi connectivity index (χ1) is 10.7. The molecule has 0 saturated heterocycles. The molecule has 0 fully saturated rings. The lowest BCUT2D eigenvalue weighted by atomic mass is 10.0. The number of anilines is 1. The van der Waals surface area contributed by atoms with Gasteiger partial charge in [0.2, 0.25) is 0 Å². The van der Waals surface area contributed by atoms with Gasteiger partial charge in [0.05, 0.1) is 18.3 Å². The van der Waals surface area contributed by atoms with E-state index in [-0.39, 0.29) is 11.9 Å². The summed E-state index contributed by atoms with van der Waals surface area (Å²) in [6.07, 6.45) is 2.13. The van der Waals surface area contributed by atoms with Crippen molar-refractivity contribution in [3.63, 3.8) is 0 Å². The smallest absolute Gasteiger partial charge is 0.263 e. The van der Waals surface area contributed by atoms with Gasteiger partial charge in [0.15, 0.2) is 0 Å². The topological polar surface area (TPSA) is 73.1 Å². The predicted octanol–water partition coefficient (Wildman–Crippen LogP) is 3.00. The Hall–Kier alpha value is -2.70. The average Bonchev–Trinajstić information content (AvgIpc) is 2.90. The van der Waals surface area contributed by atoms with E-state index in [2.05, 4.69) is 20.4 Å². The van der Waals surface area contributed by atoms with Gasteiger partial charge in [0.1, 0.15) is 29.1 Å². The number of rotatable bonds is 2. The summed E-state index contributed by atoms with van der Waals surface area (Å²) in [5, 5.41) is 7.98. The minimum absolute atomic E-state index is 0.0909. The maximum Gasteiger partial charge on any atom is 0.263 e. The van der Waals surface area contributed by atoms with E-state index in [0.29, 0.717) is 36.0 Å². The molecule has 0 saturated carbocycles. The molecule has 1 aliphatic heterocycles. The largest absolute Gasteiger partial charge is 0.493 e. The molecule has 22 heavy (non-hydrogen) atoms. The highest BCUT2D eigenvalue weighted by Gasteiger charge is 2.24. The molecule has 1 aliphatic rings. The third-order valence-electron chi connectivity index (χ3n) is 3.77. The lowest BCUT2D eigenvalue weighted by molar-refractivity contribution is 0.273. The zero-order chi connectivity index (χ0) is 15.1. The van der Waals surface area contributed by atoms with Crippen LogP contribution in [0.1, 0.15) is 23.7 Å². The van der Waals surface area contributed by atoms with E-state index in [9.17, 15) is 4.39 Å². The maximum atomic E-state index is 13.5. The van der Waals surface area contributed by atoms with Crippen LogP contribution in [0.25, 0.3) is 11.1 Å². The Morgan fingerprint density at radius 3 is 3.14 bits per heavy atom. The number of aryl methyl sites for hydroxylation is 1. The van der Waals surface area contributed by atoms with Gasteiger partial charge < -0.3 is 14.6 Å². The number of benzene rings is 1. The molecule has 0 amide bonds. The van der Waals surface area contributed by atoms with Gasteiger partial charge in [-0.2, -0.15) is 4.98 Å². The fraction of sp³-hybridized carbons (Fsp3) is 0.267. The summed E-state index contributed by atoms with van der Waals surface area (Å²) in [5.74, 6) is 1.04. The summed E-state index contributed by atoms with van der Waals surface area (Å²) in [6.45, 7) is 2.39. The number of hydrogen-bond acceptors (Lipinski definition) is 6. The molecular weight excluding hydrogens is 287 g/mol. The molecule has 0 aliphatic carbocycles. The highest BCUT2D eigenvalue weighted by Crippen LogP contribution is 2.35. The number of halogens is 1. The Balaban J connectivity index is 1.75. The fourth-order valence-corrected chi connectivity index (χ4v) is 2.71. The van der Waals surface area contributed by atoms with Crippen LogP contribution in [-0.4, -0.2) is 21.7 Å². The molecule has 112 valence electrons. The van der Waals surface area contributed by atoms with Crippen LogP contribution in [0.3, 0.4) is 0 Å². The molecule has 7 heteroatoms. The van der Waals surface area contributed by atoms with Crippen molar-refractivity contribution in [2.45, 2.75) is 19.4 Å². The number of aromatic nitrogens is 3. The van der Waals surface area contributed by atoms with Crippen molar-refractivity contribution in [2.75, 3.05) is 11.9 Å². The summed E-state index contributed by atoms with van der Waals surface area (Å²) in [6, 6.07) is 4.45. The summed E-state index contributed by atoms with van der Waals surface area (Å²) < 4.78 is 24.3. The maximum absolute atomic E-state index is 13.5. The number of ether oxygens (including phenoxy) is 1. The van der Waals surface area contributed by atoms with Crippen molar-refractivity contribution in [3.05, 3.63) is 41.6 Å². The standard InChI is InChI=1S/C15H13FN4O2/c1-8-13-14(17-7-18-15(13)22-20-8)19-11-4-5-21-12-3-2-9(16)6-10(11)12/h2-3,6-7,11H,4-5H2,1H3,(H,17,18,19)/t11-/m0/s1. The number of nitrogens with zero attached hydrogens (tertiary/aromatic N) is 3. The molecule has 4 rings (SSSR count). The first-order valence-electron chi connectivity index (χ1n) is 6.98. The first kappa shape index (κ1) is 13.0. The quantitative estimate of drug-likeness (QED) is 0.784. The second kappa shape index (κ2) is 4.94. The van der Waals surface area contributed by atoms with E-state index in [1.54, 1.807) is 6.07 Å². The Bertz CT molecular complexity index is 849. The zero-order valence-electron chi connectivity index (χ0n) is 11.8. The van der Waals surface area contributed by atoms with E-state index in [4.69, 9.17) is 9.26 Å². The minimum Gasteiger partial charge on any atom is -0.493 e. The van der Waals surface area contributed by atoms with Crippen molar-refractivity contribution in [1.82, 2.24) is 15.1 Å². The van der Waals surface area contributed by atoms with Crippen LogP contribution < -0.4 is 10.1 Å². The van der Waals surface area contributed by atoms with Crippen LogP contribution in [0.15, 0.2) is 29.0 Å². The average molecular weight is 300 g/mol. The van der Waals surface area contributed by atoms with Crippen LogP contribution in [-0.2, 0) is 0 Å². The highest BCUT2D eigenvalue weighted by molar-refractivity contribution is 5.87. The Morgan fingerprint density at radius 2 is 2.23 bits per heavy atom. The molecule has 0 radical (unpaired) electrons. The number of hydrogen-bond donors (Lipinski definition) is 1. The van der Waals surface area contributed by atoms with E-state index >= 15 is 0 Å². The molecule has 3 heterocycles. The summed E-state index contributed by atoms with van der Waals surface area (Å²) in [7, 11) is 0. The summed E-state index contributed by atoms with van der Waals surface area (Å²) in [5.41, 5.74) is 1.93. The van der Waals surface area contributed by atoms with Crippen LogP contribution >= 0.6 is 0 Å². The van der Waals surface area contributed by atoms with E-state index in [1.807, 2.05) is 6.92 Å². The molecule has 1 N–H and O–H groups in total. The van der Waals surface area contributed by atoms with Crippen LogP contribution in [0.4, 0.5) is 10.2 Å². The number of fused-ring (bicyclic) bond motifs is 2. The van der Waals surface area contributed by atoms with Crippen LogP contribution in [0.2, 0.25) is 0 Å². The van der Waals surface area contributed by atoms with Crippen LogP contribution in [0, 0.1) is 12.7 Å². The SMILES string of the molecule is Cc1noc2ncnc(N[C@H]3CCOc4ccc(F)cc43)c12. The van der Waals surface area contributed by atoms with Gasteiger partial charge in [-0.1, -0.05) is 5.16 Å². The van der Waals surface area contributed by atoms with Crippen molar-refractivity contribution in [2.24, 2.45) is 0 Å². The third kappa shape index (κ3) is 2.05. The normalized spacial score (nSPS) is 17.1. The second-order valence-electron chi connectivity index (χ2n) is 5.19. The van der Waals surface area contributed by atoms with Gasteiger partial charge in [-0.25, -0.2) is 9.37 Å². The number of nitrogens with one attached hydrogen (secondary N) is 1. The predicted molar refractivity (Wildman–Crippen MR) is 77.2 cm³/mol. The van der Waals surface area contributed by atoms with Crippen LogP contribution in [0.5, 0.6) is 5.75 Å². The van der Waals surface area contributed by atoms with Crippen molar-refractivity contribution in [3.8, 4) is 5.75 Å². The monoisotopic (exact) mass is 300 g/mol. The Morgan fingerprint density at radius 1 is 1.32 bits per heavy atom. The lowest BCUT2D eigenvalue weighted by Gasteiger charge is -2.27. The van der Waals surface area contributed by atoms with Crippen molar-refractivity contribution >= 4 is 16.9 Å². The van der Waals surface area contributed by atoms with Crippen molar-refractivity contribution in [1.29, 1.82) is 0 Å². The molecule has 0 bridgehead atoms. The molecule has 6 nitrogen and oxygen atoms in total. The summed E-state index contributed by atoms with van der Waals surface area (Å²) >= 11 is 0. The molecular formula is C15H13FN4O2. The molecule has 0 unspecified atom stereocenters. The van der Waals surface area contributed by atoms with Gasteiger partial charge in [-0.15, -0.1) is 0 Å². The van der Waals surface area contributed by atoms with E-state index < -0.39 is 0 Å². The molecule has 3 aromatic rings. The van der Waals surface area contributed by atoms with Gasteiger partial charge in [-0.05, 0) is 25.1 Å². The van der Waals surface area contributed by atoms with Gasteiger partial charge in [0.25, 0.3) is 5.71 Å². The molecule has 1 aromatic carbocycles. The third-order valence-corrected chi connectivity index (χ3v) is 3.77. The van der Waals surface area contributed by atoms with E-state index in [1.165, 1.54) is 18.5 Å². The second-order valence-corrected chi connectivity index (χ2v) is 5.19. The van der Waals surface area contributed by atoms with Gasteiger partial charge in [0, 0.05) is 12.0 Å². The minimum atomic E-state index is -0.287. The molecule has 1 atom stereocenters. The fourth-order valence-electron chi connectivity index (χ4n) is 2.71. The van der Waals surface area contributed by atoms with Gasteiger partial charge >= 0.3 is 0 Å². The first-order valence-corrected chi connectivity index (χ1v) is 6.98. The highest BCUT2D eigenvalue weighted by atomic mass is 19.1. The van der Waals surface area contributed by atoms with Gasteiger partial charge in [-0.3, -0.25) is 0 Å². The molecule has 2 aromatic heterocycles. The zero-order valence-corrected chi connectivity index (χ0v) is 11.8. The van der Waals surface area contributed by atoms with E-state index in [0.717, 1.165) is 10.9 Å². The Labute approximate surface area is 125 Å². The lowest BCUT2D eigenvalue weighted by Crippen LogP contribution is -2.21.